The third-order valence-electron chi connectivity index (χ3n) is 4.39. The lowest BCUT2D eigenvalue weighted by Gasteiger charge is -2.13. The summed E-state index contributed by atoms with van der Waals surface area (Å²) < 4.78 is 49.7. The standard InChI is InChI=1S/C18H21ClN2O4S3/c1-27(22,23)18-21-17(28(24,25)15-9-7-14(19)8-10-15)16(26-18)20-12-11-13-5-3-2-4-6-13/h5,7-10,20H,2-4,6,11-12H2,1H3. The topological polar surface area (TPSA) is 93.2 Å². The molecular weight excluding hydrogens is 440 g/mol. The van der Waals surface area contributed by atoms with Crippen molar-refractivity contribution >= 4 is 47.6 Å². The number of aromatic nitrogens is 1. The number of hydrogen-bond acceptors (Lipinski definition) is 7. The summed E-state index contributed by atoms with van der Waals surface area (Å²) in [6.07, 6.45) is 8.52. The summed E-state index contributed by atoms with van der Waals surface area (Å²) in [5.74, 6) is 0. The first-order valence-electron chi connectivity index (χ1n) is 8.81. The summed E-state index contributed by atoms with van der Waals surface area (Å²) in [6.45, 7) is 0.514. The van der Waals surface area contributed by atoms with Gasteiger partial charge in [-0.2, -0.15) is 0 Å². The summed E-state index contributed by atoms with van der Waals surface area (Å²) in [4.78, 5) is 3.96. The van der Waals surface area contributed by atoms with Gasteiger partial charge in [0, 0.05) is 17.8 Å². The van der Waals surface area contributed by atoms with E-state index in [1.54, 1.807) is 0 Å². The van der Waals surface area contributed by atoms with Gasteiger partial charge >= 0.3 is 0 Å². The van der Waals surface area contributed by atoms with E-state index in [-0.39, 0.29) is 19.3 Å². The molecule has 10 heteroatoms. The number of sulfone groups is 2. The Balaban J connectivity index is 1.91. The van der Waals surface area contributed by atoms with Crippen molar-refractivity contribution in [3.05, 3.63) is 40.9 Å². The molecule has 0 amide bonds. The monoisotopic (exact) mass is 460 g/mol. The van der Waals surface area contributed by atoms with Crippen LogP contribution in [0.15, 0.2) is 50.2 Å². The van der Waals surface area contributed by atoms with Gasteiger partial charge in [-0.3, -0.25) is 0 Å². The van der Waals surface area contributed by atoms with Crippen LogP contribution in [0.3, 0.4) is 0 Å². The molecule has 152 valence electrons. The van der Waals surface area contributed by atoms with Crippen molar-refractivity contribution in [3.63, 3.8) is 0 Å². The van der Waals surface area contributed by atoms with E-state index in [4.69, 9.17) is 11.6 Å². The van der Waals surface area contributed by atoms with E-state index in [0.717, 1.165) is 36.9 Å². The first kappa shape index (κ1) is 21.3. The van der Waals surface area contributed by atoms with Crippen LogP contribution in [0, 0.1) is 0 Å². The molecule has 0 bridgehead atoms. The van der Waals surface area contributed by atoms with E-state index >= 15 is 0 Å². The normalized spacial score (nSPS) is 15.3. The molecule has 2 aromatic rings. The Hall–Kier alpha value is -1.42. The fourth-order valence-electron chi connectivity index (χ4n) is 2.93. The van der Waals surface area contributed by atoms with Crippen molar-refractivity contribution < 1.29 is 16.8 Å². The van der Waals surface area contributed by atoms with Gasteiger partial charge in [0.15, 0.2) is 5.03 Å². The van der Waals surface area contributed by atoms with Crippen LogP contribution < -0.4 is 5.32 Å². The zero-order chi connectivity index (χ0) is 20.4. The van der Waals surface area contributed by atoms with E-state index in [9.17, 15) is 16.8 Å². The van der Waals surface area contributed by atoms with E-state index < -0.39 is 19.7 Å². The Morgan fingerprint density at radius 1 is 1.14 bits per heavy atom. The summed E-state index contributed by atoms with van der Waals surface area (Å²) in [7, 11) is -7.61. The molecule has 28 heavy (non-hydrogen) atoms. The lowest BCUT2D eigenvalue weighted by atomic mass is 9.97. The molecule has 0 unspecified atom stereocenters. The van der Waals surface area contributed by atoms with Crippen molar-refractivity contribution in [3.8, 4) is 0 Å². The number of halogens is 1. The number of hydrogen-bond donors (Lipinski definition) is 1. The molecule has 1 aliphatic rings. The highest BCUT2D eigenvalue weighted by molar-refractivity contribution is 7.93. The van der Waals surface area contributed by atoms with Gasteiger partial charge < -0.3 is 5.32 Å². The molecule has 0 saturated carbocycles. The van der Waals surface area contributed by atoms with Gasteiger partial charge in [0.05, 0.1) is 4.90 Å². The number of rotatable bonds is 7. The second-order valence-electron chi connectivity index (χ2n) is 6.63. The number of nitrogens with one attached hydrogen (secondary N) is 1. The maximum atomic E-state index is 13.0. The Kier molecular flexibility index (Phi) is 6.48. The maximum absolute atomic E-state index is 13.0. The molecule has 1 heterocycles. The lowest BCUT2D eigenvalue weighted by Crippen LogP contribution is -2.09. The van der Waals surface area contributed by atoms with E-state index in [1.165, 1.54) is 42.7 Å². The number of nitrogens with zero attached hydrogens (tertiary/aromatic N) is 1. The third kappa shape index (κ3) is 4.94. The minimum Gasteiger partial charge on any atom is -0.374 e. The van der Waals surface area contributed by atoms with Crippen molar-refractivity contribution in [1.29, 1.82) is 0 Å². The van der Waals surface area contributed by atoms with Crippen LogP contribution in [-0.4, -0.2) is 34.6 Å². The SMILES string of the molecule is CS(=O)(=O)c1nc(S(=O)(=O)c2ccc(Cl)cc2)c(NCCC2=CCCCC2)s1. The Morgan fingerprint density at radius 2 is 1.86 bits per heavy atom. The van der Waals surface area contributed by atoms with Crippen LogP contribution in [0.2, 0.25) is 5.02 Å². The Bertz CT molecular complexity index is 1090. The van der Waals surface area contributed by atoms with Gasteiger partial charge in [0.1, 0.15) is 5.00 Å². The molecule has 0 saturated heterocycles. The molecule has 1 N–H and O–H groups in total. The first-order chi connectivity index (χ1) is 13.2. The van der Waals surface area contributed by atoms with E-state index in [0.29, 0.717) is 11.6 Å². The molecule has 0 fully saturated rings. The molecule has 0 aliphatic heterocycles. The van der Waals surface area contributed by atoms with Gasteiger partial charge in [0.2, 0.25) is 24.0 Å². The van der Waals surface area contributed by atoms with Crippen molar-refractivity contribution in [2.45, 2.75) is 46.4 Å². The van der Waals surface area contributed by atoms with Gasteiger partial charge in [-0.1, -0.05) is 34.6 Å². The quantitative estimate of drug-likeness (QED) is 0.618. The van der Waals surface area contributed by atoms with Crippen LogP contribution in [-0.2, 0) is 19.7 Å². The van der Waals surface area contributed by atoms with Crippen LogP contribution in [0.5, 0.6) is 0 Å². The molecule has 0 atom stereocenters. The third-order valence-corrected chi connectivity index (χ3v) is 9.16. The van der Waals surface area contributed by atoms with E-state index in [2.05, 4.69) is 16.4 Å². The van der Waals surface area contributed by atoms with Crippen molar-refractivity contribution in [1.82, 2.24) is 4.98 Å². The second-order valence-corrected chi connectivity index (χ2v) is 12.1. The van der Waals surface area contributed by atoms with Gasteiger partial charge in [-0.25, -0.2) is 21.8 Å². The first-order valence-corrected chi connectivity index (χ1v) is 13.4. The summed E-state index contributed by atoms with van der Waals surface area (Å²) in [5, 5.41) is 3.47. The molecule has 6 nitrogen and oxygen atoms in total. The molecule has 1 aromatic carbocycles. The fourth-order valence-corrected chi connectivity index (χ4v) is 6.61. The molecule has 3 rings (SSSR count). The highest BCUT2D eigenvalue weighted by Crippen LogP contribution is 2.35. The molecule has 1 aliphatic carbocycles. The number of allylic oxidation sites excluding steroid dienone is 1. The predicted molar refractivity (Wildman–Crippen MR) is 112 cm³/mol. The predicted octanol–water partition coefficient (Wildman–Crippen LogP) is 4.34. The number of anilines is 1. The second kappa shape index (κ2) is 8.52. The average Bonchev–Trinajstić information content (AvgIpc) is 3.08. The number of benzene rings is 1. The maximum Gasteiger partial charge on any atom is 0.226 e. The summed E-state index contributed by atoms with van der Waals surface area (Å²) >= 11 is 6.68. The number of thiazole rings is 1. The highest BCUT2D eigenvalue weighted by atomic mass is 35.5. The lowest BCUT2D eigenvalue weighted by molar-refractivity contribution is 0.591. The largest absolute Gasteiger partial charge is 0.374 e. The highest BCUT2D eigenvalue weighted by Gasteiger charge is 2.29. The fraction of sp³-hybridized carbons (Fsp3) is 0.389. The molecule has 1 aromatic heterocycles. The minimum absolute atomic E-state index is 0.0142. The van der Waals surface area contributed by atoms with Crippen LogP contribution in [0.4, 0.5) is 5.00 Å². The summed E-state index contributed by atoms with van der Waals surface area (Å²) in [6, 6.07) is 5.71. The van der Waals surface area contributed by atoms with Gasteiger partial charge in [-0.15, -0.1) is 0 Å². The van der Waals surface area contributed by atoms with Gasteiger partial charge in [-0.05, 0) is 56.4 Å². The minimum atomic E-state index is -3.98. The van der Waals surface area contributed by atoms with E-state index in [1.807, 2.05) is 0 Å². The average molecular weight is 461 g/mol. The zero-order valence-electron chi connectivity index (χ0n) is 15.3. The smallest absolute Gasteiger partial charge is 0.226 e. The molecule has 0 radical (unpaired) electrons. The van der Waals surface area contributed by atoms with Crippen LogP contribution in [0.25, 0.3) is 0 Å². The summed E-state index contributed by atoms with van der Waals surface area (Å²) in [5.41, 5.74) is 1.34. The Labute approximate surface area is 174 Å². The van der Waals surface area contributed by atoms with Crippen LogP contribution >= 0.6 is 22.9 Å². The van der Waals surface area contributed by atoms with Crippen LogP contribution in [0.1, 0.15) is 32.1 Å². The molecular formula is C18H21ClN2O4S3. The van der Waals surface area contributed by atoms with Crippen molar-refractivity contribution in [2.24, 2.45) is 0 Å². The molecule has 0 spiro atoms. The van der Waals surface area contributed by atoms with Crippen molar-refractivity contribution in [2.75, 3.05) is 18.1 Å². The Morgan fingerprint density at radius 3 is 2.46 bits per heavy atom. The zero-order valence-corrected chi connectivity index (χ0v) is 18.5. The van der Waals surface area contributed by atoms with Gasteiger partial charge in [0.25, 0.3) is 0 Å².